The summed E-state index contributed by atoms with van der Waals surface area (Å²) >= 11 is 0. The lowest BCUT2D eigenvalue weighted by molar-refractivity contribution is 0.391. The minimum atomic E-state index is -4.10. The molecule has 3 aromatic heterocycles. The van der Waals surface area contributed by atoms with Gasteiger partial charge in [0.25, 0.3) is 0 Å². The smallest absolute Gasteiger partial charge is 0.243 e. The summed E-state index contributed by atoms with van der Waals surface area (Å²) in [7, 11) is 0.332. The Labute approximate surface area is 218 Å². The molecule has 3 heterocycles. The van der Waals surface area contributed by atoms with Crippen LogP contribution in [-0.4, -0.2) is 64.7 Å². The summed E-state index contributed by atoms with van der Waals surface area (Å²) in [6, 6.07) is 10.2. The maximum absolute atomic E-state index is 13.5. The highest BCUT2D eigenvalue weighted by atomic mass is 32.2. The predicted octanol–water partition coefficient (Wildman–Crippen LogP) is 3.22. The van der Waals surface area contributed by atoms with Gasteiger partial charge in [-0.05, 0) is 25.1 Å². The molecule has 4 rings (SSSR count). The summed E-state index contributed by atoms with van der Waals surface area (Å²) < 4.78 is 60.6. The van der Waals surface area contributed by atoms with Gasteiger partial charge in [0.2, 0.25) is 21.9 Å². The Morgan fingerprint density at radius 3 is 2.16 bits per heavy atom. The van der Waals surface area contributed by atoms with E-state index in [-0.39, 0.29) is 17.6 Å². The van der Waals surface area contributed by atoms with Gasteiger partial charge < -0.3 is 14.2 Å². The first kappa shape index (κ1) is 26.7. The second-order valence-electron chi connectivity index (χ2n) is 8.16. The second-order valence-corrected chi connectivity index (χ2v) is 10.2. The minimum Gasteiger partial charge on any atom is -0.494 e. The maximum Gasteiger partial charge on any atom is 0.243 e. The largest absolute Gasteiger partial charge is 0.494 e. The number of pyridine rings is 1. The Balaban J connectivity index is 1.84. The van der Waals surface area contributed by atoms with Gasteiger partial charge in [0.15, 0.2) is 11.6 Å². The molecule has 1 N–H and O–H groups in total. The number of rotatable bonds is 10. The van der Waals surface area contributed by atoms with Crippen molar-refractivity contribution in [1.29, 1.82) is 0 Å². The first-order chi connectivity index (χ1) is 18.2. The first-order valence-corrected chi connectivity index (χ1v) is 12.9. The van der Waals surface area contributed by atoms with Gasteiger partial charge in [-0.3, -0.25) is 9.29 Å². The van der Waals surface area contributed by atoms with Crippen LogP contribution in [0.15, 0.2) is 48.8 Å². The normalized spacial score (nSPS) is 13.0. The molecule has 1 aromatic carbocycles. The lowest BCUT2D eigenvalue weighted by Crippen LogP contribution is -2.31. The molecule has 0 spiro atoms. The molecule has 0 amide bonds. The number of methoxy groups -OCH3 is 3. The number of nitrogens with one attached hydrogen (secondary N) is 1. The van der Waals surface area contributed by atoms with Crippen molar-refractivity contribution in [2.45, 2.75) is 25.0 Å². The monoisotopic (exact) mass is 543 g/mol. The van der Waals surface area contributed by atoms with E-state index in [2.05, 4.69) is 29.9 Å². The Bertz CT molecular complexity index is 1510. The molecule has 4 aromatic rings. The van der Waals surface area contributed by atoms with Crippen LogP contribution < -0.4 is 18.9 Å². The highest BCUT2D eigenvalue weighted by molar-refractivity contribution is 7.93. The lowest BCUT2D eigenvalue weighted by Gasteiger charge is -2.21. The number of hydrogen-bond acceptors (Lipinski definition) is 10. The van der Waals surface area contributed by atoms with Gasteiger partial charge in [0.05, 0.1) is 39.0 Å². The average molecular weight is 544 g/mol. The van der Waals surface area contributed by atoms with E-state index in [0.717, 1.165) is 12.4 Å². The topological polar surface area (TPSA) is 143 Å². The Hall–Kier alpha value is -4.33. The van der Waals surface area contributed by atoms with Crippen LogP contribution in [0.1, 0.15) is 25.6 Å². The number of nitrogens with zero attached hydrogens (tertiary/aromatic N) is 6. The zero-order valence-corrected chi connectivity index (χ0v) is 22.1. The van der Waals surface area contributed by atoms with Crippen molar-refractivity contribution in [3.8, 4) is 34.6 Å². The third-order valence-electron chi connectivity index (χ3n) is 5.92. The van der Waals surface area contributed by atoms with Crippen LogP contribution in [0.2, 0.25) is 0 Å². The SMILES string of the molecule is COc1cccc(-c2nnc(NS(=O)(=O)C(C)C(C)c3ncc(F)cn3)n2-c2c(OC)cccc2OC)n1. The van der Waals surface area contributed by atoms with Crippen molar-refractivity contribution in [2.75, 3.05) is 26.1 Å². The summed E-state index contributed by atoms with van der Waals surface area (Å²) in [5, 5.41) is 7.34. The van der Waals surface area contributed by atoms with Crippen LogP contribution in [-0.2, 0) is 10.0 Å². The summed E-state index contributed by atoms with van der Waals surface area (Å²) in [6.45, 7) is 3.13. The fourth-order valence-corrected chi connectivity index (χ4v) is 4.92. The number of anilines is 1. The van der Waals surface area contributed by atoms with Gasteiger partial charge in [-0.2, -0.15) is 0 Å². The second kappa shape index (κ2) is 11.0. The van der Waals surface area contributed by atoms with Crippen molar-refractivity contribution in [1.82, 2.24) is 29.7 Å². The summed E-state index contributed by atoms with van der Waals surface area (Å²) in [5.41, 5.74) is 0.707. The molecular weight excluding hydrogens is 517 g/mol. The highest BCUT2D eigenvalue weighted by Crippen LogP contribution is 2.38. The molecule has 0 saturated heterocycles. The third-order valence-corrected chi connectivity index (χ3v) is 7.78. The first-order valence-electron chi connectivity index (χ1n) is 11.4. The molecule has 14 heteroatoms. The molecule has 0 bridgehead atoms. The van der Waals surface area contributed by atoms with Crippen molar-refractivity contribution < 1.29 is 27.0 Å². The quantitative estimate of drug-likeness (QED) is 0.317. The van der Waals surface area contributed by atoms with Crippen LogP contribution in [0.25, 0.3) is 17.2 Å². The van der Waals surface area contributed by atoms with Gasteiger partial charge in [0, 0.05) is 12.0 Å². The number of sulfonamides is 1. The highest BCUT2D eigenvalue weighted by Gasteiger charge is 2.32. The van der Waals surface area contributed by atoms with E-state index in [1.54, 1.807) is 43.3 Å². The van der Waals surface area contributed by atoms with Gasteiger partial charge in [0.1, 0.15) is 28.7 Å². The van der Waals surface area contributed by atoms with Gasteiger partial charge >= 0.3 is 0 Å². The Kier molecular flexibility index (Phi) is 7.71. The molecule has 2 unspecified atom stereocenters. The summed E-state index contributed by atoms with van der Waals surface area (Å²) in [5.74, 6) is 0.0199. The van der Waals surface area contributed by atoms with Crippen molar-refractivity contribution in [2.24, 2.45) is 0 Å². The predicted molar refractivity (Wildman–Crippen MR) is 137 cm³/mol. The molecule has 38 heavy (non-hydrogen) atoms. The van der Waals surface area contributed by atoms with Crippen LogP contribution >= 0.6 is 0 Å². The van der Waals surface area contributed by atoms with Gasteiger partial charge in [-0.1, -0.05) is 19.1 Å². The van der Waals surface area contributed by atoms with E-state index in [9.17, 15) is 12.8 Å². The fourth-order valence-electron chi connectivity index (χ4n) is 3.69. The number of benzene rings is 1. The summed E-state index contributed by atoms with van der Waals surface area (Å²) in [6.07, 6.45) is 1.98. The third kappa shape index (κ3) is 5.20. The molecule has 12 nitrogen and oxygen atoms in total. The lowest BCUT2D eigenvalue weighted by atomic mass is 10.1. The van der Waals surface area contributed by atoms with Gasteiger partial charge in [-0.15, -0.1) is 10.2 Å². The Morgan fingerprint density at radius 2 is 1.55 bits per heavy atom. The van der Waals surface area contributed by atoms with Crippen LogP contribution in [0.5, 0.6) is 17.4 Å². The number of ether oxygens (including phenoxy) is 3. The molecule has 0 aliphatic carbocycles. The van der Waals surface area contributed by atoms with Crippen molar-refractivity contribution >= 4 is 16.0 Å². The van der Waals surface area contributed by atoms with Crippen molar-refractivity contribution in [3.63, 3.8) is 0 Å². The van der Waals surface area contributed by atoms with E-state index in [0.29, 0.717) is 28.8 Å². The van der Waals surface area contributed by atoms with Crippen molar-refractivity contribution in [3.05, 3.63) is 60.4 Å². The molecule has 0 aliphatic heterocycles. The molecule has 0 aliphatic rings. The Morgan fingerprint density at radius 1 is 0.921 bits per heavy atom. The minimum absolute atomic E-state index is 0.133. The molecule has 200 valence electrons. The molecule has 0 saturated carbocycles. The fraction of sp³-hybridized carbons (Fsp3) is 0.292. The van der Waals surface area contributed by atoms with Crippen LogP contribution in [0.3, 0.4) is 0 Å². The van der Waals surface area contributed by atoms with E-state index in [1.807, 2.05) is 0 Å². The molecule has 2 atom stereocenters. The maximum atomic E-state index is 13.5. The van der Waals surface area contributed by atoms with Crippen LogP contribution in [0, 0.1) is 5.82 Å². The van der Waals surface area contributed by atoms with E-state index >= 15 is 0 Å². The zero-order chi connectivity index (χ0) is 27.4. The standard InChI is InChI=1S/C24H26FN7O5S/c1-14(22-26-12-16(25)13-27-22)15(2)38(33,34)31-24-30-29-23(17-8-6-11-20(28-17)37-5)32(24)21-18(35-3)9-7-10-19(21)36-4/h6-15H,1-5H3,(H,30,31). The zero-order valence-electron chi connectivity index (χ0n) is 21.3. The van der Waals surface area contributed by atoms with E-state index < -0.39 is 27.0 Å². The summed E-state index contributed by atoms with van der Waals surface area (Å²) in [4.78, 5) is 12.3. The van der Waals surface area contributed by atoms with Crippen LogP contribution in [0.4, 0.5) is 10.3 Å². The number of aromatic nitrogens is 6. The van der Waals surface area contributed by atoms with Gasteiger partial charge in [-0.25, -0.2) is 27.8 Å². The average Bonchev–Trinajstić information content (AvgIpc) is 3.34. The number of para-hydroxylation sites is 1. The van der Waals surface area contributed by atoms with E-state index in [4.69, 9.17) is 14.2 Å². The molecular formula is C24H26FN7O5S. The molecule has 0 fully saturated rings. The molecule has 0 radical (unpaired) electrons. The number of halogens is 1. The number of hydrogen-bond donors (Lipinski definition) is 1. The van der Waals surface area contributed by atoms with E-state index in [1.165, 1.54) is 32.8 Å².